The van der Waals surface area contributed by atoms with Crippen LogP contribution in [0.1, 0.15) is 39.2 Å². The van der Waals surface area contributed by atoms with Gasteiger partial charge in [0.1, 0.15) is 5.82 Å². The fraction of sp³-hybridized carbons (Fsp3) is 0.667. The number of hydrogen-bond acceptors (Lipinski definition) is 3. The lowest BCUT2D eigenvalue weighted by Crippen LogP contribution is -2.35. The molecule has 0 bridgehead atoms. The Morgan fingerprint density at radius 3 is 2.72 bits per heavy atom. The molecule has 1 saturated carbocycles. The summed E-state index contributed by atoms with van der Waals surface area (Å²) in [7, 11) is 2.15. The summed E-state index contributed by atoms with van der Waals surface area (Å²) in [4.78, 5) is 6.87. The van der Waals surface area contributed by atoms with E-state index in [-0.39, 0.29) is 0 Å². The van der Waals surface area contributed by atoms with E-state index in [1.807, 2.05) is 12.3 Å². The third-order valence-corrected chi connectivity index (χ3v) is 3.94. The van der Waals surface area contributed by atoms with Crippen LogP contribution >= 0.6 is 0 Å². The highest BCUT2D eigenvalue weighted by Crippen LogP contribution is 2.23. The van der Waals surface area contributed by atoms with Crippen molar-refractivity contribution in [2.45, 2.75) is 52.2 Å². The molecule has 2 rings (SSSR count). The summed E-state index contributed by atoms with van der Waals surface area (Å²) in [5, 5.41) is 3.57. The fourth-order valence-corrected chi connectivity index (χ4v) is 2.07. The van der Waals surface area contributed by atoms with Crippen molar-refractivity contribution in [3.05, 3.63) is 23.9 Å². The van der Waals surface area contributed by atoms with Gasteiger partial charge in [-0.3, -0.25) is 0 Å². The molecule has 1 N–H and O–H groups in total. The molecule has 0 aliphatic heterocycles. The van der Waals surface area contributed by atoms with Gasteiger partial charge in [0, 0.05) is 37.4 Å². The van der Waals surface area contributed by atoms with Gasteiger partial charge in [-0.15, -0.1) is 0 Å². The summed E-state index contributed by atoms with van der Waals surface area (Å²) < 4.78 is 0. The second-order valence-corrected chi connectivity index (χ2v) is 5.74. The highest BCUT2D eigenvalue weighted by molar-refractivity contribution is 5.46. The summed E-state index contributed by atoms with van der Waals surface area (Å²) in [5.74, 6) is 1.74. The molecule has 0 amide bonds. The van der Waals surface area contributed by atoms with Gasteiger partial charge in [-0.2, -0.15) is 0 Å². The van der Waals surface area contributed by atoms with E-state index in [4.69, 9.17) is 0 Å². The van der Waals surface area contributed by atoms with Crippen molar-refractivity contribution in [1.29, 1.82) is 0 Å². The predicted molar refractivity (Wildman–Crippen MR) is 76.8 cm³/mol. The summed E-state index contributed by atoms with van der Waals surface area (Å²) in [5.41, 5.74) is 1.31. The first kappa shape index (κ1) is 13.3. The zero-order valence-electron chi connectivity index (χ0n) is 12.0. The van der Waals surface area contributed by atoms with Crippen molar-refractivity contribution in [2.75, 3.05) is 11.9 Å². The minimum Gasteiger partial charge on any atom is -0.356 e. The number of pyridine rings is 1. The quantitative estimate of drug-likeness (QED) is 0.838. The van der Waals surface area contributed by atoms with Gasteiger partial charge in [0.15, 0.2) is 0 Å². The number of rotatable bonds is 6. The molecule has 0 aromatic carbocycles. The van der Waals surface area contributed by atoms with E-state index >= 15 is 0 Å². The smallest absolute Gasteiger partial charge is 0.132 e. The minimum absolute atomic E-state index is 0.500. The molecule has 1 fully saturated rings. The van der Waals surface area contributed by atoms with Crippen LogP contribution in [0.3, 0.4) is 0 Å². The van der Waals surface area contributed by atoms with Crippen LogP contribution in [-0.2, 0) is 6.54 Å². The molecule has 1 aromatic heterocycles. The van der Waals surface area contributed by atoms with E-state index in [1.165, 1.54) is 18.4 Å². The standard InChI is InChI=1S/C15H25N3/c1-11(2)12(3)18(4)15-13(6-5-9-16-15)10-17-14-7-8-14/h5-6,9,11-12,14,17H,7-8,10H2,1-4H3. The third kappa shape index (κ3) is 3.22. The monoisotopic (exact) mass is 247 g/mol. The van der Waals surface area contributed by atoms with E-state index in [9.17, 15) is 0 Å². The van der Waals surface area contributed by atoms with E-state index in [0.717, 1.165) is 18.4 Å². The van der Waals surface area contributed by atoms with Crippen LogP contribution < -0.4 is 10.2 Å². The molecule has 1 aliphatic carbocycles. The van der Waals surface area contributed by atoms with Crippen LogP contribution in [0, 0.1) is 5.92 Å². The molecular weight excluding hydrogens is 222 g/mol. The van der Waals surface area contributed by atoms with Crippen molar-refractivity contribution >= 4 is 5.82 Å². The topological polar surface area (TPSA) is 28.2 Å². The van der Waals surface area contributed by atoms with Crippen LogP contribution in [0.5, 0.6) is 0 Å². The highest BCUT2D eigenvalue weighted by atomic mass is 15.2. The summed E-state index contributed by atoms with van der Waals surface area (Å²) in [6.45, 7) is 7.71. The second kappa shape index (κ2) is 5.70. The average molecular weight is 247 g/mol. The van der Waals surface area contributed by atoms with Crippen molar-refractivity contribution in [2.24, 2.45) is 5.92 Å². The fourth-order valence-electron chi connectivity index (χ4n) is 2.07. The van der Waals surface area contributed by atoms with Gasteiger partial charge in [-0.05, 0) is 31.7 Å². The first-order chi connectivity index (χ1) is 8.59. The van der Waals surface area contributed by atoms with Gasteiger partial charge in [0.25, 0.3) is 0 Å². The lowest BCUT2D eigenvalue weighted by molar-refractivity contribution is 0.501. The summed E-state index contributed by atoms with van der Waals surface area (Å²) in [6, 6.07) is 5.45. The van der Waals surface area contributed by atoms with E-state index < -0.39 is 0 Å². The Morgan fingerprint density at radius 2 is 2.11 bits per heavy atom. The van der Waals surface area contributed by atoms with Crippen molar-refractivity contribution in [1.82, 2.24) is 10.3 Å². The van der Waals surface area contributed by atoms with E-state index in [2.05, 4.69) is 49.1 Å². The molecule has 0 radical (unpaired) electrons. The van der Waals surface area contributed by atoms with Crippen LogP contribution in [-0.4, -0.2) is 24.1 Å². The third-order valence-electron chi connectivity index (χ3n) is 3.94. The molecule has 1 heterocycles. The molecule has 0 spiro atoms. The summed E-state index contributed by atoms with van der Waals surface area (Å²) in [6.07, 6.45) is 4.54. The van der Waals surface area contributed by atoms with Crippen LogP contribution in [0.25, 0.3) is 0 Å². The molecule has 100 valence electrons. The number of nitrogens with zero attached hydrogens (tertiary/aromatic N) is 2. The van der Waals surface area contributed by atoms with Crippen LogP contribution in [0.2, 0.25) is 0 Å². The lowest BCUT2D eigenvalue weighted by atomic mass is 10.0. The van der Waals surface area contributed by atoms with Gasteiger partial charge in [-0.25, -0.2) is 4.98 Å². The molecule has 3 nitrogen and oxygen atoms in total. The number of anilines is 1. The van der Waals surface area contributed by atoms with Gasteiger partial charge >= 0.3 is 0 Å². The number of aromatic nitrogens is 1. The van der Waals surface area contributed by atoms with Gasteiger partial charge in [-0.1, -0.05) is 19.9 Å². The maximum absolute atomic E-state index is 4.57. The predicted octanol–water partition coefficient (Wildman–Crippen LogP) is 2.81. The lowest BCUT2D eigenvalue weighted by Gasteiger charge is -2.30. The zero-order chi connectivity index (χ0) is 13.1. The molecule has 18 heavy (non-hydrogen) atoms. The van der Waals surface area contributed by atoms with Crippen molar-refractivity contribution < 1.29 is 0 Å². The summed E-state index contributed by atoms with van der Waals surface area (Å²) >= 11 is 0. The normalized spacial score (nSPS) is 16.9. The second-order valence-electron chi connectivity index (χ2n) is 5.74. The Morgan fingerprint density at radius 1 is 1.39 bits per heavy atom. The Labute approximate surface area is 111 Å². The van der Waals surface area contributed by atoms with Crippen molar-refractivity contribution in [3.8, 4) is 0 Å². The Kier molecular flexibility index (Phi) is 4.23. The minimum atomic E-state index is 0.500. The Hall–Kier alpha value is -1.09. The first-order valence-electron chi connectivity index (χ1n) is 6.99. The van der Waals surface area contributed by atoms with Crippen LogP contribution in [0.4, 0.5) is 5.82 Å². The van der Waals surface area contributed by atoms with E-state index in [1.54, 1.807) is 0 Å². The largest absolute Gasteiger partial charge is 0.356 e. The molecule has 1 atom stereocenters. The molecular formula is C15H25N3. The number of nitrogens with one attached hydrogen (secondary N) is 1. The maximum atomic E-state index is 4.57. The van der Waals surface area contributed by atoms with Gasteiger partial charge in [0.05, 0.1) is 0 Å². The molecule has 1 unspecified atom stereocenters. The number of hydrogen-bond donors (Lipinski definition) is 1. The SMILES string of the molecule is CC(C)C(C)N(C)c1ncccc1CNC1CC1. The Balaban J connectivity index is 2.09. The zero-order valence-corrected chi connectivity index (χ0v) is 12.0. The highest BCUT2D eigenvalue weighted by Gasteiger charge is 2.22. The molecule has 3 heteroatoms. The maximum Gasteiger partial charge on any atom is 0.132 e. The van der Waals surface area contributed by atoms with Crippen LogP contribution in [0.15, 0.2) is 18.3 Å². The van der Waals surface area contributed by atoms with Gasteiger partial charge in [0.2, 0.25) is 0 Å². The van der Waals surface area contributed by atoms with Gasteiger partial charge < -0.3 is 10.2 Å². The molecule has 1 aromatic rings. The first-order valence-corrected chi connectivity index (χ1v) is 6.99. The molecule has 1 aliphatic rings. The average Bonchev–Trinajstić information content (AvgIpc) is 3.19. The Bertz CT molecular complexity index is 385. The molecule has 0 saturated heterocycles. The van der Waals surface area contributed by atoms with Crippen molar-refractivity contribution in [3.63, 3.8) is 0 Å². The van der Waals surface area contributed by atoms with E-state index in [0.29, 0.717) is 12.0 Å².